The number of hydrogen-bond donors (Lipinski definition) is 1. The number of nitrogens with zero attached hydrogens (tertiary/aromatic N) is 4. The highest BCUT2D eigenvalue weighted by Crippen LogP contribution is 2.35. The summed E-state index contributed by atoms with van der Waals surface area (Å²) in [6.07, 6.45) is -2.23. The summed E-state index contributed by atoms with van der Waals surface area (Å²) in [5.74, 6) is -0.310. The van der Waals surface area contributed by atoms with E-state index in [1.165, 1.54) is 12.4 Å². The van der Waals surface area contributed by atoms with Crippen LogP contribution in [0.3, 0.4) is 0 Å². The molecule has 0 radical (unpaired) electrons. The maximum atomic E-state index is 13.1. The average Bonchev–Trinajstić information content (AvgIpc) is 3.18. The second kappa shape index (κ2) is 6.72. The van der Waals surface area contributed by atoms with Crippen molar-refractivity contribution in [3.63, 3.8) is 0 Å². The first-order valence-electron chi connectivity index (χ1n) is 7.95. The summed E-state index contributed by atoms with van der Waals surface area (Å²) >= 11 is 0. The summed E-state index contributed by atoms with van der Waals surface area (Å²) in [7, 11) is 0. The Morgan fingerprint density at radius 2 is 1.79 bits per heavy atom. The second-order valence-electron chi connectivity index (χ2n) is 5.66. The SMILES string of the molecule is O=c1[nH]c(-c2ccccc2)ncc1-c1nc(-c2ncccc2C(F)(F)F)no1. The van der Waals surface area contributed by atoms with Crippen LogP contribution in [-0.4, -0.2) is 25.1 Å². The predicted octanol–water partition coefficient (Wildman–Crippen LogP) is 3.57. The lowest BCUT2D eigenvalue weighted by Gasteiger charge is -2.08. The van der Waals surface area contributed by atoms with Crippen LogP contribution >= 0.6 is 0 Å². The van der Waals surface area contributed by atoms with Crippen molar-refractivity contribution in [1.29, 1.82) is 0 Å². The van der Waals surface area contributed by atoms with Gasteiger partial charge in [0.15, 0.2) is 0 Å². The Kier molecular flexibility index (Phi) is 4.22. The molecule has 0 aliphatic rings. The quantitative estimate of drug-likeness (QED) is 0.579. The molecule has 1 aromatic carbocycles. The molecule has 0 saturated heterocycles. The molecule has 0 atom stereocenters. The van der Waals surface area contributed by atoms with Gasteiger partial charge in [0.1, 0.15) is 17.1 Å². The van der Waals surface area contributed by atoms with Gasteiger partial charge in [-0.2, -0.15) is 18.2 Å². The Bertz CT molecular complexity index is 1190. The summed E-state index contributed by atoms with van der Waals surface area (Å²) in [6, 6.07) is 11.0. The van der Waals surface area contributed by atoms with Crippen LogP contribution < -0.4 is 5.56 Å². The third-order valence-corrected chi connectivity index (χ3v) is 3.83. The van der Waals surface area contributed by atoms with Crippen molar-refractivity contribution in [2.24, 2.45) is 0 Å². The van der Waals surface area contributed by atoms with Crippen LogP contribution in [0.5, 0.6) is 0 Å². The molecule has 0 aliphatic heterocycles. The molecule has 0 amide bonds. The fourth-order valence-corrected chi connectivity index (χ4v) is 2.53. The highest BCUT2D eigenvalue weighted by molar-refractivity contribution is 5.61. The standard InChI is InChI=1S/C18H10F3N5O2/c19-18(20,21)12-7-4-8-22-13(12)15-25-17(28-26-15)11-9-23-14(24-16(11)27)10-5-2-1-3-6-10/h1-9H,(H,23,24,27). The average molecular weight is 385 g/mol. The molecule has 28 heavy (non-hydrogen) atoms. The van der Waals surface area contributed by atoms with Crippen molar-refractivity contribution in [3.8, 4) is 34.4 Å². The molecular formula is C18H10F3N5O2. The molecular weight excluding hydrogens is 375 g/mol. The van der Waals surface area contributed by atoms with Crippen molar-refractivity contribution in [3.05, 3.63) is 70.8 Å². The first kappa shape index (κ1) is 17.6. The van der Waals surface area contributed by atoms with Crippen LogP contribution in [0.15, 0.2) is 64.2 Å². The largest absolute Gasteiger partial charge is 0.418 e. The Hall–Kier alpha value is -3.82. The maximum Gasteiger partial charge on any atom is 0.418 e. The van der Waals surface area contributed by atoms with Crippen molar-refractivity contribution >= 4 is 0 Å². The number of hydrogen-bond acceptors (Lipinski definition) is 6. The van der Waals surface area contributed by atoms with E-state index in [-0.39, 0.29) is 17.3 Å². The molecule has 10 heteroatoms. The monoisotopic (exact) mass is 385 g/mol. The van der Waals surface area contributed by atoms with Gasteiger partial charge < -0.3 is 9.51 Å². The van der Waals surface area contributed by atoms with Crippen LogP contribution in [-0.2, 0) is 6.18 Å². The van der Waals surface area contributed by atoms with E-state index in [0.717, 1.165) is 12.1 Å². The molecule has 0 spiro atoms. The lowest BCUT2D eigenvalue weighted by Crippen LogP contribution is -2.11. The number of nitrogens with one attached hydrogen (secondary N) is 1. The molecule has 1 N–H and O–H groups in total. The molecule has 0 unspecified atom stereocenters. The van der Waals surface area contributed by atoms with E-state index < -0.39 is 23.0 Å². The zero-order chi connectivity index (χ0) is 19.7. The molecule has 4 rings (SSSR count). The predicted molar refractivity (Wildman–Crippen MR) is 91.8 cm³/mol. The van der Waals surface area contributed by atoms with E-state index in [9.17, 15) is 18.0 Å². The lowest BCUT2D eigenvalue weighted by atomic mass is 10.2. The van der Waals surface area contributed by atoms with Gasteiger partial charge >= 0.3 is 6.18 Å². The number of pyridine rings is 1. The van der Waals surface area contributed by atoms with Crippen LogP contribution in [0.2, 0.25) is 0 Å². The molecule has 0 fully saturated rings. The summed E-state index contributed by atoms with van der Waals surface area (Å²) in [6.45, 7) is 0. The number of H-pyrrole nitrogens is 1. The Morgan fingerprint density at radius 1 is 1.00 bits per heavy atom. The fourth-order valence-electron chi connectivity index (χ4n) is 2.53. The summed E-state index contributed by atoms with van der Waals surface area (Å²) in [5.41, 5.74) is -1.44. The number of rotatable bonds is 3. The van der Waals surface area contributed by atoms with Gasteiger partial charge in [0, 0.05) is 18.0 Å². The molecule has 0 saturated carbocycles. The Morgan fingerprint density at radius 3 is 2.50 bits per heavy atom. The molecule has 0 bridgehead atoms. The number of aromatic nitrogens is 5. The van der Waals surface area contributed by atoms with Crippen LogP contribution in [0.4, 0.5) is 13.2 Å². The summed E-state index contributed by atoms with van der Waals surface area (Å²) in [4.78, 5) is 26.7. The highest BCUT2D eigenvalue weighted by Gasteiger charge is 2.35. The van der Waals surface area contributed by atoms with E-state index in [1.807, 2.05) is 6.07 Å². The number of benzene rings is 1. The molecule has 4 aromatic rings. The molecule has 3 heterocycles. The zero-order valence-corrected chi connectivity index (χ0v) is 13.9. The summed E-state index contributed by atoms with van der Waals surface area (Å²) in [5, 5.41) is 3.53. The van der Waals surface area contributed by atoms with Gasteiger partial charge in [0.25, 0.3) is 11.4 Å². The van der Waals surface area contributed by atoms with Crippen LogP contribution in [0, 0.1) is 0 Å². The van der Waals surface area contributed by atoms with E-state index in [1.54, 1.807) is 24.3 Å². The second-order valence-corrected chi connectivity index (χ2v) is 5.66. The van der Waals surface area contributed by atoms with Gasteiger partial charge in [-0.3, -0.25) is 9.78 Å². The normalized spacial score (nSPS) is 11.5. The van der Waals surface area contributed by atoms with Crippen molar-refractivity contribution < 1.29 is 17.7 Å². The minimum Gasteiger partial charge on any atom is -0.333 e. The van der Waals surface area contributed by atoms with Gasteiger partial charge in [-0.05, 0) is 12.1 Å². The number of aromatic amines is 1. The number of alkyl halides is 3. The van der Waals surface area contributed by atoms with Crippen molar-refractivity contribution in [1.82, 2.24) is 25.1 Å². The van der Waals surface area contributed by atoms with E-state index in [2.05, 4.69) is 25.1 Å². The lowest BCUT2D eigenvalue weighted by molar-refractivity contribution is -0.137. The first-order chi connectivity index (χ1) is 13.4. The van der Waals surface area contributed by atoms with Gasteiger partial charge in [-0.15, -0.1) is 0 Å². The molecule has 3 aromatic heterocycles. The van der Waals surface area contributed by atoms with Crippen molar-refractivity contribution in [2.75, 3.05) is 0 Å². The minimum absolute atomic E-state index is 0.0667. The van der Waals surface area contributed by atoms with Crippen LogP contribution in [0.25, 0.3) is 34.4 Å². The zero-order valence-electron chi connectivity index (χ0n) is 13.9. The minimum atomic E-state index is -4.64. The number of halogens is 3. The molecule has 140 valence electrons. The van der Waals surface area contributed by atoms with Gasteiger partial charge in [0.2, 0.25) is 5.82 Å². The van der Waals surface area contributed by atoms with E-state index in [0.29, 0.717) is 11.4 Å². The van der Waals surface area contributed by atoms with Crippen molar-refractivity contribution in [2.45, 2.75) is 6.18 Å². The third-order valence-electron chi connectivity index (χ3n) is 3.83. The topological polar surface area (TPSA) is 97.6 Å². The Balaban J connectivity index is 1.73. The summed E-state index contributed by atoms with van der Waals surface area (Å²) < 4.78 is 44.4. The van der Waals surface area contributed by atoms with E-state index in [4.69, 9.17) is 4.52 Å². The smallest absolute Gasteiger partial charge is 0.333 e. The Labute approximate surface area is 154 Å². The van der Waals surface area contributed by atoms with E-state index >= 15 is 0 Å². The third kappa shape index (κ3) is 3.27. The molecule has 7 nitrogen and oxygen atoms in total. The van der Waals surface area contributed by atoms with Crippen LogP contribution in [0.1, 0.15) is 5.56 Å². The van der Waals surface area contributed by atoms with Gasteiger partial charge in [-0.25, -0.2) is 4.98 Å². The molecule has 0 aliphatic carbocycles. The van der Waals surface area contributed by atoms with Gasteiger partial charge in [0.05, 0.1) is 5.56 Å². The fraction of sp³-hybridized carbons (Fsp3) is 0.0556. The van der Waals surface area contributed by atoms with Gasteiger partial charge in [-0.1, -0.05) is 35.5 Å². The maximum absolute atomic E-state index is 13.1. The first-order valence-corrected chi connectivity index (χ1v) is 7.95. The highest BCUT2D eigenvalue weighted by atomic mass is 19.4.